The van der Waals surface area contributed by atoms with Crippen LogP contribution in [0.25, 0.3) is 6.08 Å². The molecule has 8 nitrogen and oxygen atoms in total. The molecule has 3 rings (SSSR count). The van der Waals surface area contributed by atoms with Crippen molar-refractivity contribution in [3.8, 4) is 11.5 Å². The van der Waals surface area contributed by atoms with Gasteiger partial charge in [0.2, 0.25) is 0 Å². The number of carboxylic acid groups (broad SMARTS) is 1. The van der Waals surface area contributed by atoms with E-state index in [2.05, 4.69) is 5.32 Å². The molecule has 0 aliphatic carbocycles. The SMILES string of the molecule is CCOc1cc(C=C2NC(=O)N(Cc3ccccc3F)C2=O)cc(Cl)c1OCC(=O)O. The molecule has 0 atom stereocenters. The molecule has 0 saturated carbocycles. The second-order valence-corrected chi connectivity index (χ2v) is 6.82. The Morgan fingerprint density at radius 1 is 1.26 bits per heavy atom. The Labute approximate surface area is 181 Å². The van der Waals surface area contributed by atoms with E-state index in [1.807, 2.05) is 0 Å². The molecule has 0 unspecified atom stereocenters. The number of halogens is 2. The third-order valence-corrected chi connectivity index (χ3v) is 4.51. The van der Waals surface area contributed by atoms with Gasteiger partial charge in [0.1, 0.15) is 11.5 Å². The third-order valence-electron chi connectivity index (χ3n) is 4.23. The van der Waals surface area contributed by atoms with E-state index in [4.69, 9.17) is 26.2 Å². The number of carbonyl (C=O) groups is 3. The molecule has 1 aliphatic heterocycles. The van der Waals surface area contributed by atoms with Crippen LogP contribution in [-0.2, 0) is 16.1 Å². The lowest BCUT2D eigenvalue weighted by Gasteiger charge is -2.13. The standard InChI is InChI=1S/C21H18ClFN2O6/c1-2-30-17-9-12(7-14(22)19(17)31-11-18(26)27)8-16-20(28)25(21(29)24-16)10-13-5-3-4-6-15(13)23/h3-9H,2,10-11H2,1H3,(H,24,29)(H,26,27). The van der Waals surface area contributed by atoms with Crippen molar-refractivity contribution >= 4 is 35.6 Å². The monoisotopic (exact) mass is 448 g/mol. The molecule has 1 saturated heterocycles. The minimum Gasteiger partial charge on any atom is -0.490 e. The van der Waals surface area contributed by atoms with Crippen molar-refractivity contribution in [3.05, 3.63) is 64.1 Å². The second-order valence-electron chi connectivity index (χ2n) is 6.42. The molecule has 1 heterocycles. The molecule has 2 N–H and O–H groups in total. The van der Waals surface area contributed by atoms with Crippen LogP contribution in [0.3, 0.4) is 0 Å². The largest absolute Gasteiger partial charge is 0.490 e. The van der Waals surface area contributed by atoms with Crippen molar-refractivity contribution < 1.29 is 33.4 Å². The van der Waals surface area contributed by atoms with Crippen molar-refractivity contribution in [2.75, 3.05) is 13.2 Å². The lowest BCUT2D eigenvalue weighted by Crippen LogP contribution is -2.30. The lowest BCUT2D eigenvalue weighted by molar-refractivity contribution is -0.139. The second kappa shape index (κ2) is 9.48. The van der Waals surface area contributed by atoms with Crippen LogP contribution in [0, 0.1) is 5.82 Å². The highest BCUT2D eigenvalue weighted by Gasteiger charge is 2.34. The van der Waals surface area contributed by atoms with Gasteiger partial charge in [0.15, 0.2) is 18.1 Å². The maximum atomic E-state index is 13.9. The van der Waals surface area contributed by atoms with Gasteiger partial charge in [-0.2, -0.15) is 0 Å². The van der Waals surface area contributed by atoms with Crippen molar-refractivity contribution in [2.24, 2.45) is 0 Å². The fraction of sp³-hybridized carbons (Fsp3) is 0.190. The van der Waals surface area contributed by atoms with E-state index >= 15 is 0 Å². The topological polar surface area (TPSA) is 105 Å². The van der Waals surface area contributed by atoms with E-state index in [0.717, 1.165) is 4.90 Å². The van der Waals surface area contributed by atoms with Gasteiger partial charge in [0, 0.05) is 5.56 Å². The maximum Gasteiger partial charge on any atom is 0.341 e. The number of ether oxygens (including phenoxy) is 2. The lowest BCUT2D eigenvalue weighted by atomic mass is 10.1. The van der Waals surface area contributed by atoms with Crippen LogP contribution in [0.15, 0.2) is 42.1 Å². The van der Waals surface area contributed by atoms with Crippen LogP contribution < -0.4 is 14.8 Å². The Bertz CT molecular complexity index is 1070. The Balaban J connectivity index is 1.87. The number of nitrogens with one attached hydrogen (secondary N) is 1. The number of aliphatic carboxylic acids is 1. The summed E-state index contributed by atoms with van der Waals surface area (Å²) in [5, 5.41) is 11.3. The van der Waals surface area contributed by atoms with Gasteiger partial charge in [-0.05, 0) is 36.8 Å². The Hall–Kier alpha value is -3.59. The predicted octanol–water partition coefficient (Wildman–Crippen LogP) is 3.43. The van der Waals surface area contributed by atoms with E-state index in [1.54, 1.807) is 13.0 Å². The van der Waals surface area contributed by atoms with Gasteiger partial charge in [0.05, 0.1) is 18.2 Å². The molecule has 2 aromatic carbocycles. The first-order valence-corrected chi connectivity index (χ1v) is 9.56. The number of urea groups is 1. The fourth-order valence-electron chi connectivity index (χ4n) is 2.89. The molecule has 10 heteroatoms. The molecule has 0 bridgehead atoms. The number of hydrogen-bond donors (Lipinski definition) is 2. The smallest absolute Gasteiger partial charge is 0.341 e. The minimum atomic E-state index is -1.18. The maximum absolute atomic E-state index is 13.9. The summed E-state index contributed by atoms with van der Waals surface area (Å²) >= 11 is 6.21. The Morgan fingerprint density at radius 2 is 2.00 bits per heavy atom. The third kappa shape index (κ3) is 5.13. The summed E-state index contributed by atoms with van der Waals surface area (Å²) in [5.74, 6) is -2.10. The van der Waals surface area contributed by atoms with Gasteiger partial charge < -0.3 is 19.9 Å². The van der Waals surface area contributed by atoms with Gasteiger partial charge in [0.25, 0.3) is 5.91 Å². The van der Waals surface area contributed by atoms with E-state index in [9.17, 15) is 18.8 Å². The molecule has 1 fully saturated rings. The molecular weight excluding hydrogens is 431 g/mol. The van der Waals surface area contributed by atoms with Crippen LogP contribution >= 0.6 is 11.6 Å². The number of hydrogen-bond acceptors (Lipinski definition) is 5. The number of nitrogens with zero attached hydrogens (tertiary/aromatic N) is 1. The highest BCUT2D eigenvalue weighted by molar-refractivity contribution is 6.32. The Morgan fingerprint density at radius 3 is 2.68 bits per heavy atom. The zero-order valence-corrected chi connectivity index (χ0v) is 17.1. The molecule has 2 aromatic rings. The van der Waals surface area contributed by atoms with Gasteiger partial charge in [-0.25, -0.2) is 14.0 Å². The van der Waals surface area contributed by atoms with Crippen LogP contribution in [-0.4, -0.2) is 41.1 Å². The first-order valence-electron chi connectivity index (χ1n) is 9.19. The highest BCUT2D eigenvalue weighted by atomic mass is 35.5. The average molecular weight is 449 g/mol. The van der Waals surface area contributed by atoms with Gasteiger partial charge in [-0.3, -0.25) is 9.69 Å². The van der Waals surface area contributed by atoms with Crippen LogP contribution in [0.4, 0.5) is 9.18 Å². The van der Waals surface area contributed by atoms with Crippen molar-refractivity contribution in [1.82, 2.24) is 10.2 Å². The van der Waals surface area contributed by atoms with Gasteiger partial charge in [-0.1, -0.05) is 29.8 Å². The first kappa shape index (κ1) is 22.1. The normalized spacial score (nSPS) is 14.7. The quantitative estimate of drug-likeness (QED) is 0.473. The molecule has 31 heavy (non-hydrogen) atoms. The summed E-state index contributed by atoms with van der Waals surface area (Å²) in [5.41, 5.74) is 0.584. The number of rotatable bonds is 8. The van der Waals surface area contributed by atoms with E-state index in [0.29, 0.717) is 5.56 Å². The summed E-state index contributed by atoms with van der Waals surface area (Å²) in [6, 6.07) is 8.11. The number of benzene rings is 2. The number of carboxylic acids is 1. The summed E-state index contributed by atoms with van der Waals surface area (Å²) in [7, 11) is 0. The number of carbonyl (C=O) groups excluding carboxylic acids is 2. The molecule has 1 aliphatic rings. The van der Waals surface area contributed by atoms with E-state index in [-0.39, 0.29) is 40.9 Å². The van der Waals surface area contributed by atoms with E-state index in [1.165, 1.54) is 36.4 Å². The first-order chi connectivity index (χ1) is 14.8. The van der Waals surface area contributed by atoms with Crippen LogP contribution in [0.5, 0.6) is 11.5 Å². The van der Waals surface area contributed by atoms with E-state index < -0.39 is 30.3 Å². The summed E-state index contributed by atoms with van der Waals surface area (Å²) < 4.78 is 24.5. The molecule has 0 radical (unpaired) electrons. The average Bonchev–Trinajstić information content (AvgIpc) is 2.96. The van der Waals surface area contributed by atoms with Crippen LogP contribution in [0.2, 0.25) is 5.02 Å². The van der Waals surface area contributed by atoms with Crippen molar-refractivity contribution in [3.63, 3.8) is 0 Å². The van der Waals surface area contributed by atoms with Crippen molar-refractivity contribution in [2.45, 2.75) is 13.5 Å². The van der Waals surface area contributed by atoms with Crippen LogP contribution in [0.1, 0.15) is 18.1 Å². The summed E-state index contributed by atoms with van der Waals surface area (Å²) in [6.45, 7) is 1.15. The molecule has 0 aromatic heterocycles. The van der Waals surface area contributed by atoms with Gasteiger partial charge >= 0.3 is 12.0 Å². The number of amides is 3. The molecule has 162 valence electrons. The zero-order chi connectivity index (χ0) is 22.5. The zero-order valence-electron chi connectivity index (χ0n) is 16.4. The molecule has 3 amide bonds. The Kier molecular flexibility index (Phi) is 6.76. The van der Waals surface area contributed by atoms with Gasteiger partial charge in [-0.15, -0.1) is 0 Å². The molecular formula is C21H18ClFN2O6. The summed E-state index contributed by atoms with van der Waals surface area (Å²) in [6.07, 6.45) is 1.39. The molecule has 0 spiro atoms. The van der Waals surface area contributed by atoms with Crippen molar-refractivity contribution in [1.29, 1.82) is 0 Å². The fourth-order valence-corrected chi connectivity index (χ4v) is 3.16. The predicted molar refractivity (Wildman–Crippen MR) is 109 cm³/mol. The highest BCUT2D eigenvalue weighted by Crippen LogP contribution is 2.37. The number of imide groups is 1. The summed E-state index contributed by atoms with van der Waals surface area (Å²) in [4.78, 5) is 36.6. The minimum absolute atomic E-state index is 0.0286.